The third-order valence-electron chi connectivity index (χ3n) is 2.82. The summed E-state index contributed by atoms with van der Waals surface area (Å²) in [5.74, 6) is 0. The Hall–Kier alpha value is -0.910. The van der Waals surface area contributed by atoms with E-state index in [9.17, 15) is 8.42 Å². The van der Waals surface area contributed by atoms with Gasteiger partial charge < -0.3 is 5.11 Å². The third kappa shape index (κ3) is 3.54. The minimum Gasteiger partial charge on any atom is -0.395 e. The monoisotopic (exact) mass is 271 g/mol. The highest BCUT2D eigenvalue weighted by Gasteiger charge is 2.24. The Morgan fingerprint density at radius 2 is 1.89 bits per heavy atom. The molecular weight excluding hydrogens is 250 g/mol. The summed E-state index contributed by atoms with van der Waals surface area (Å²) in [6.07, 6.45) is 1.72. The Morgan fingerprint density at radius 1 is 1.22 bits per heavy atom. The Labute approximate surface area is 109 Å². The fourth-order valence-corrected chi connectivity index (χ4v) is 3.48. The van der Waals surface area contributed by atoms with E-state index in [1.54, 1.807) is 25.1 Å². The number of rotatable bonds is 7. The second-order valence-corrected chi connectivity index (χ2v) is 6.15. The smallest absolute Gasteiger partial charge is 0.243 e. The molecular formula is C13H21NO3S. The summed E-state index contributed by atoms with van der Waals surface area (Å²) in [4.78, 5) is 0.328. The van der Waals surface area contributed by atoms with Crippen molar-refractivity contribution in [3.05, 3.63) is 29.8 Å². The lowest BCUT2D eigenvalue weighted by Crippen LogP contribution is -2.34. The van der Waals surface area contributed by atoms with Crippen molar-refractivity contribution in [1.82, 2.24) is 4.31 Å². The summed E-state index contributed by atoms with van der Waals surface area (Å²) >= 11 is 0. The number of aliphatic hydroxyl groups is 1. The summed E-state index contributed by atoms with van der Waals surface area (Å²) in [5.41, 5.74) is 0.733. The highest BCUT2D eigenvalue weighted by atomic mass is 32.2. The molecule has 0 radical (unpaired) electrons. The van der Waals surface area contributed by atoms with Gasteiger partial charge in [-0.1, -0.05) is 31.5 Å². The zero-order chi connectivity index (χ0) is 13.6. The summed E-state index contributed by atoms with van der Waals surface area (Å²) in [6, 6.07) is 6.93. The maximum absolute atomic E-state index is 12.5. The van der Waals surface area contributed by atoms with Crippen LogP contribution in [0.1, 0.15) is 25.3 Å². The van der Waals surface area contributed by atoms with Crippen LogP contribution >= 0.6 is 0 Å². The maximum Gasteiger partial charge on any atom is 0.243 e. The van der Waals surface area contributed by atoms with Crippen LogP contribution in [0.4, 0.5) is 0 Å². The van der Waals surface area contributed by atoms with Gasteiger partial charge in [0.15, 0.2) is 0 Å². The van der Waals surface area contributed by atoms with Crippen molar-refractivity contribution in [1.29, 1.82) is 0 Å². The topological polar surface area (TPSA) is 57.6 Å². The number of benzene rings is 1. The molecule has 0 saturated heterocycles. The molecule has 0 bridgehead atoms. The van der Waals surface area contributed by atoms with Crippen LogP contribution in [0.2, 0.25) is 0 Å². The van der Waals surface area contributed by atoms with Crippen molar-refractivity contribution in [3.63, 3.8) is 0 Å². The molecule has 1 aromatic carbocycles. The number of aliphatic hydroxyl groups excluding tert-OH is 1. The van der Waals surface area contributed by atoms with Crippen LogP contribution in [0, 0.1) is 6.92 Å². The van der Waals surface area contributed by atoms with E-state index in [-0.39, 0.29) is 13.2 Å². The molecule has 1 N–H and O–H groups in total. The molecule has 18 heavy (non-hydrogen) atoms. The average molecular weight is 271 g/mol. The van der Waals surface area contributed by atoms with Crippen LogP contribution in [0.5, 0.6) is 0 Å². The van der Waals surface area contributed by atoms with E-state index in [1.165, 1.54) is 4.31 Å². The first-order valence-corrected chi connectivity index (χ1v) is 7.64. The first kappa shape index (κ1) is 15.1. The van der Waals surface area contributed by atoms with Gasteiger partial charge in [-0.15, -0.1) is 0 Å². The number of hydrogen-bond acceptors (Lipinski definition) is 3. The summed E-state index contributed by atoms with van der Waals surface area (Å²) < 4.78 is 26.3. The van der Waals surface area contributed by atoms with Gasteiger partial charge in [-0.25, -0.2) is 8.42 Å². The molecule has 0 aliphatic rings. The standard InChI is InChI=1S/C13H21NO3S/c1-3-4-9-14(10-11-15)18(16,17)13-8-6-5-7-12(13)2/h5-8,15H,3-4,9-11H2,1-2H3. The number of nitrogens with zero attached hydrogens (tertiary/aromatic N) is 1. The molecule has 1 aromatic rings. The first-order chi connectivity index (χ1) is 8.54. The zero-order valence-corrected chi connectivity index (χ0v) is 11.8. The minimum absolute atomic E-state index is 0.149. The molecule has 1 rings (SSSR count). The average Bonchev–Trinajstić information content (AvgIpc) is 2.34. The molecule has 0 atom stereocenters. The molecule has 0 saturated carbocycles. The van der Waals surface area contributed by atoms with Gasteiger partial charge in [0.1, 0.15) is 0 Å². The lowest BCUT2D eigenvalue weighted by atomic mass is 10.2. The molecule has 0 aromatic heterocycles. The van der Waals surface area contributed by atoms with Crippen molar-refractivity contribution in [3.8, 4) is 0 Å². The van der Waals surface area contributed by atoms with E-state index in [0.717, 1.165) is 18.4 Å². The fourth-order valence-electron chi connectivity index (χ4n) is 1.78. The molecule has 0 amide bonds. The number of sulfonamides is 1. The van der Waals surface area contributed by atoms with Gasteiger partial charge in [0, 0.05) is 13.1 Å². The van der Waals surface area contributed by atoms with Gasteiger partial charge in [0.05, 0.1) is 11.5 Å². The zero-order valence-electron chi connectivity index (χ0n) is 11.0. The van der Waals surface area contributed by atoms with Crippen molar-refractivity contribution in [2.45, 2.75) is 31.6 Å². The van der Waals surface area contributed by atoms with Crippen molar-refractivity contribution < 1.29 is 13.5 Å². The molecule has 5 heteroatoms. The number of aryl methyl sites for hydroxylation is 1. The Balaban J connectivity index is 3.05. The van der Waals surface area contributed by atoms with Crippen molar-refractivity contribution in [2.75, 3.05) is 19.7 Å². The molecule has 0 aliphatic carbocycles. The largest absolute Gasteiger partial charge is 0.395 e. The van der Waals surface area contributed by atoms with Gasteiger partial charge in [-0.3, -0.25) is 0 Å². The van der Waals surface area contributed by atoms with E-state index in [0.29, 0.717) is 11.4 Å². The van der Waals surface area contributed by atoms with Crippen LogP contribution < -0.4 is 0 Å². The van der Waals surface area contributed by atoms with E-state index >= 15 is 0 Å². The van der Waals surface area contributed by atoms with E-state index in [1.807, 2.05) is 13.0 Å². The Bertz CT molecular complexity index is 471. The molecule has 0 spiro atoms. The molecule has 4 nitrogen and oxygen atoms in total. The quantitative estimate of drug-likeness (QED) is 0.822. The Kier molecular flexibility index (Phi) is 5.78. The molecule has 102 valence electrons. The van der Waals surface area contributed by atoms with Crippen molar-refractivity contribution in [2.24, 2.45) is 0 Å². The second-order valence-electron chi connectivity index (χ2n) is 4.25. The first-order valence-electron chi connectivity index (χ1n) is 6.20. The van der Waals surface area contributed by atoms with E-state index in [4.69, 9.17) is 5.11 Å². The van der Waals surface area contributed by atoms with E-state index in [2.05, 4.69) is 0 Å². The summed E-state index contributed by atoms with van der Waals surface area (Å²) in [6.45, 7) is 4.24. The van der Waals surface area contributed by atoms with Crippen LogP contribution in [-0.2, 0) is 10.0 Å². The van der Waals surface area contributed by atoms with Crippen LogP contribution in [-0.4, -0.2) is 37.5 Å². The van der Waals surface area contributed by atoms with Crippen LogP contribution in [0.3, 0.4) is 0 Å². The maximum atomic E-state index is 12.5. The lowest BCUT2D eigenvalue weighted by molar-refractivity contribution is 0.252. The highest BCUT2D eigenvalue weighted by Crippen LogP contribution is 2.19. The Morgan fingerprint density at radius 3 is 2.44 bits per heavy atom. The molecule has 0 heterocycles. The van der Waals surface area contributed by atoms with E-state index < -0.39 is 10.0 Å². The van der Waals surface area contributed by atoms with Gasteiger partial charge in [0.2, 0.25) is 10.0 Å². The predicted octanol–water partition coefficient (Wildman–Crippen LogP) is 1.78. The summed E-state index contributed by atoms with van der Waals surface area (Å²) in [5, 5.41) is 9.01. The third-order valence-corrected chi connectivity index (χ3v) is 4.88. The van der Waals surface area contributed by atoms with Crippen LogP contribution in [0.15, 0.2) is 29.2 Å². The minimum atomic E-state index is -3.49. The van der Waals surface area contributed by atoms with Gasteiger partial charge in [-0.2, -0.15) is 4.31 Å². The normalized spacial score (nSPS) is 12.0. The van der Waals surface area contributed by atoms with Gasteiger partial charge >= 0.3 is 0 Å². The highest BCUT2D eigenvalue weighted by molar-refractivity contribution is 7.89. The SMILES string of the molecule is CCCCN(CCO)S(=O)(=O)c1ccccc1C. The van der Waals surface area contributed by atoms with Crippen LogP contribution in [0.25, 0.3) is 0 Å². The fraction of sp³-hybridized carbons (Fsp3) is 0.538. The van der Waals surface area contributed by atoms with Crippen molar-refractivity contribution >= 4 is 10.0 Å². The second kappa shape index (κ2) is 6.87. The molecule has 0 fully saturated rings. The predicted molar refractivity (Wildman–Crippen MR) is 71.9 cm³/mol. The molecule has 0 unspecified atom stereocenters. The summed E-state index contributed by atoms with van der Waals surface area (Å²) in [7, 11) is -3.49. The van der Waals surface area contributed by atoms with Gasteiger partial charge in [-0.05, 0) is 25.0 Å². The van der Waals surface area contributed by atoms with Gasteiger partial charge in [0.25, 0.3) is 0 Å². The lowest BCUT2D eigenvalue weighted by Gasteiger charge is -2.22. The number of unbranched alkanes of at least 4 members (excludes halogenated alkanes) is 1. The number of hydrogen-bond donors (Lipinski definition) is 1. The molecule has 0 aliphatic heterocycles.